The number of nitrogens with zero attached hydrogens (tertiary/aromatic N) is 4. The summed E-state index contributed by atoms with van der Waals surface area (Å²) in [4.78, 5) is 10.1. The fourth-order valence-corrected chi connectivity index (χ4v) is 7.57. The van der Waals surface area contributed by atoms with E-state index in [0.717, 1.165) is 34.2 Å². The number of hydrogen-bond acceptors (Lipinski definition) is 4. The number of hydrogen-bond donors (Lipinski definition) is 0. The van der Waals surface area contributed by atoms with Crippen LogP contribution >= 0.6 is 22.7 Å². The number of thiophene rings is 2. The van der Waals surface area contributed by atoms with Crippen LogP contribution in [-0.2, 0) is 14.1 Å². The minimum Gasteiger partial charge on any atom is -0.331 e. The van der Waals surface area contributed by atoms with E-state index in [4.69, 9.17) is 9.97 Å². The Labute approximate surface area is 227 Å². The van der Waals surface area contributed by atoms with E-state index in [1.807, 2.05) is 36.8 Å². The number of imidazole rings is 2. The Bertz CT molecular complexity index is 2020. The normalized spacial score (nSPS) is 11.9. The average molecular weight is 527 g/mol. The lowest BCUT2D eigenvalue weighted by atomic mass is 10.1. The van der Waals surface area contributed by atoms with E-state index in [9.17, 15) is 0 Å². The minimum atomic E-state index is 0.853. The summed E-state index contributed by atoms with van der Waals surface area (Å²) in [5.41, 5.74) is 4.14. The van der Waals surface area contributed by atoms with Gasteiger partial charge >= 0.3 is 0 Å². The molecule has 0 aliphatic carbocycles. The molecule has 8 aromatic rings. The molecule has 4 heterocycles. The largest absolute Gasteiger partial charge is 0.331 e. The van der Waals surface area contributed by atoms with Gasteiger partial charge in [-0.25, -0.2) is 9.97 Å². The van der Waals surface area contributed by atoms with E-state index in [-0.39, 0.29) is 0 Å². The van der Waals surface area contributed by atoms with Crippen molar-refractivity contribution in [1.82, 2.24) is 19.1 Å². The maximum Gasteiger partial charge on any atom is 0.176 e. The molecule has 0 fully saturated rings. The van der Waals surface area contributed by atoms with Crippen molar-refractivity contribution in [2.75, 3.05) is 0 Å². The van der Waals surface area contributed by atoms with Gasteiger partial charge in [-0.1, -0.05) is 48.5 Å². The van der Waals surface area contributed by atoms with Crippen molar-refractivity contribution in [2.24, 2.45) is 14.1 Å². The van der Waals surface area contributed by atoms with E-state index in [1.54, 1.807) is 0 Å². The van der Waals surface area contributed by atoms with E-state index in [1.165, 1.54) is 40.3 Å². The molecule has 0 atom stereocenters. The zero-order valence-electron chi connectivity index (χ0n) is 20.8. The summed E-state index contributed by atoms with van der Waals surface area (Å²) < 4.78 is 9.39. The molecule has 0 amide bonds. The van der Waals surface area contributed by atoms with Crippen LogP contribution in [0.1, 0.15) is 0 Å². The van der Waals surface area contributed by atoms with Gasteiger partial charge in [0.25, 0.3) is 0 Å². The van der Waals surface area contributed by atoms with Gasteiger partial charge in [0.2, 0.25) is 0 Å². The molecule has 0 bridgehead atoms. The van der Waals surface area contributed by atoms with Crippen molar-refractivity contribution in [3.8, 4) is 34.2 Å². The van der Waals surface area contributed by atoms with Gasteiger partial charge in [0.15, 0.2) is 11.6 Å². The van der Waals surface area contributed by atoms with Gasteiger partial charge in [-0.3, -0.25) is 0 Å². The fraction of sp³-hybridized carbons (Fsp3) is 0.0625. The summed E-state index contributed by atoms with van der Waals surface area (Å²) in [5.74, 6) is 1.71. The third-order valence-electron chi connectivity index (χ3n) is 7.30. The summed E-state index contributed by atoms with van der Waals surface area (Å²) in [6, 6.07) is 30.5. The second-order valence-corrected chi connectivity index (χ2v) is 11.9. The maximum absolute atomic E-state index is 5.06. The summed E-state index contributed by atoms with van der Waals surface area (Å²) in [5, 5.41) is 5.17. The SMILES string of the molecule is Cn1cc(-c2ccc3sc4ccccc4c3c2)nc1-c1nc(-c2ccc3sc4ccccc4c3c2)cn1C. The third kappa shape index (κ3) is 3.27. The van der Waals surface area contributed by atoms with Gasteiger partial charge in [-0.15, -0.1) is 22.7 Å². The number of benzene rings is 4. The van der Waals surface area contributed by atoms with E-state index in [0.29, 0.717) is 0 Å². The predicted molar refractivity (Wildman–Crippen MR) is 162 cm³/mol. The molecule has 38 heavy (non-hydrogen) atoms. The number of rotatable bonds is 3. The second kappa shape index (κ2) is 8.12. The third-order valence-corrected chi connectivity index (χ3v) is 9.60. The van der Waals surface area contributed by atoms with Crippen molar-refractivity contribution >= 4 is 63.0 Å². The summed E-state index contributed by atoms with van der Waals surface area (Å²) in [6.45, 7) is 0. The Morgan fingerprint density at radius 2 is 0.921 bits per heavy atom. The lowest BCUT2D eigenvalue weighted by Gasteiger charge is -2.00. The molecule has 0 saturated carbocycles. The lowest BCUT2D eigenvalue weighted by Crippen LogP contribution is -1.98. The van der Waals surface area contributed by atoms with Crippen molar-refractivity contribution in [1.29, 1.82) is 0 Å². The van der Waals surface area contributed by atoms with Crippen LogP contribution in [0.25, 0.3) is 74.5 Å². The molecule has 0 aliphatic rings. The van der Waals surface area contributed by atoms with Gasteiger partial charge in [-0.05, 0) is 36.4 Å². The van der Waals surface area contributed by atoms with Crippen LogP contribution < -0.4 is 0 Å². The molecule has 4 nitrogen and oxygen atoms in total. The van der Waals surface area contributed by atoms with Crippen LogP contribution in [0.4, 0.5) is 0 Å². The van der Waals surface area contributed by atoms with Crippen molar-refractivity contribution in [3.63, 3.8) is 0 Å². The zero-order chi connectivity index (χ0) is 25.4. The van der Waals surface area contributed by atoms with Crippen LogP contribution in [0.5, 0.6) is 0 Å². The molecular weight excluding hydrogens is 505 g/mol. The van der Waals surface area contributed by atoms with Crippen LogP contribution in [-0.4, -0.2) is 19.1 Å². The van der Waals surface area contributed by atoms with E-state index in [2.05, 4.69) is 106 Å². The Kier molecular flexibility index (Phi) is 4.66. The number of aromatic nitrogens is 4. The molecule has 0 N–H and O–H groups in total. The molecule has 4 aromatic carbocycles. The first-order chi connectivity index (χ1) is 18.6. The monoisotopic (exact) mass is 526 g/mol. The Morgan fingerprint density at radius 1 is 0.500 bits per heavy atom. The van der Waals surface area contributed by atoms with Crippen LogP contribution in [0.15, 0.2) is 97.3 Å². The quantitative estimate of drug-likeness (QED) is 0.230. The van der Waals surface area contributed by atoms with Crippen molar-refractivity contribution in [2.45, 2.75) is 0 Å². The molecule has 0 unspecified atom stereocenters. The molecule has 6 heteroatoms. The lowest BCUT2D eigenvalue weighted by molar-refractivity contribution is 0.860. The predicted octanol–water partition coefficient (Wildman–Crippen LogP) is 8.89. The molecule has 4 aromatic heterocycles. The van der Waals surface area contributed by atoms with Crippen molar-refractivity contribution in [3.05, 3.63) is 97.3 Å². The number of aryl methyl sites for hydroxylation is 2. The first-order valence-electron chi connectivity index (χ1n) is 12.5. The van der Waals surface area contributed by atoms with Gasteiger partial charge in [0, 0.05) is 78.0 Å². The molecule has 0 saturated heterocycles. The minimum absolute atomic E-state index is 0.853. The summed E-state index contributed by atoms with van der Waals surface area (Å²) in [7, 11) is 4.09. The molecular formula is C32H22N4S2. The smallest absolute Gasteiger partial charge is 0.176 e. The van der Waals surface area contributed by atoms with Crippen LogP contribution in [0, 0.1) is 0 Å². The van der Waals surface area contributed by atoms with Gasteiger partial charge in [0.1, 0.15) is 0 Å². The Hall–Kier alpha value is -4.26. The Balaban J connectivity index is 1.20. The van der Waals surface area contributed by atoms with Crippen molar-refractivity contribution < 1.29 is 0 Å². The highest BCUT2D eigenvalue weighted by atomic mass is 32.1. The molecule has 0 aliphatic heterocycles. The fourth-order valence-electron chi connectivity index (χ4n) is 5.40. The highest BCUT2D eigenvalue weighted by Crippen LogP contribution is 2.38. The zero-order valence-corrected chi connectivity index (χ0v) is 22.5. The van der Waals surface area contributed by atoms with Gasteiger partial charge in [-0.2, -0.15) is 0 Å². The molecule has 8 rings (SSSR count). The highest BCUT2D eigenvalue weighted by molar-refractivity contribution is 7.26. The van der Waals surface area contributed by atoms with Gasteiger partial charge in [0.05, 0.1) is 11.4 Å². The van der Waals surface area contributed by atoms with Crippen LogP contribution in [0.3, 0.4) is 0 Å². The Morgan fingerprint density at radius 3 is 1.39 bits per heavy atom. The highest BCUT2D eigenvalue weighted by Gasteiger charge is 2.17. The first-order valence-corrected chi connectivity index (χ1v) is 14.2. The molecule has 0 spiro atoms. The van der Waals surface area contributed by atoms with Crippen LogP contribution in [0.2, 0.25) is 0 Å². The van der Waals surface area contributed by atoms with E-state index < -0.39 is 0 Å². The molecule has 0 radical (unpaired) electrons. The van der Waals surface area contributed by atoms with Gasteiger partial charge < -0.3 is 9.13 Å². The second-order valence-electron chi connectivity index (χ2n) is 9.74. The average Bonchev–Trinajstić information content (AvgIpc) is 3.70. The standard InChI is InChI=1S/C32H22N4S2/c1-35-17-25(19-11-13-29-23(15-19)21-7-3-5-9-27(21)37-29)33-31(35)32-34-26(18-36(32)2)20-12-14-30-24(16-20)22-8-4-6-10-28(22)38-30/h3-18H,1-2H3. The summed E-state index contributed by atoms with van der Waals surface area (Å²) >= 11 is 3.67. The first kappa shape index (κ1) is 21.8. The van der Waals surface area contributed by atoms with E-state index >= 15 is 0 Å². The topological polar surface area (TPSA) is 35.6 Å². The molecule has 182 valence electrons. The maximum atomic E-state index is 5.06. The number of fused-ring (bicyclic) bond motifs is 6. The summed E-state index contributed by atoms with van der Waals surface area (Å²) in [6.07, 6.45) is 4.20.